The van der Waals surface area contributed by atoms with Crippen LogP contribution in [0.5, 0.6) is 0 Å². The molecule has 5 nitrogen and oxygen atoms in total. The van der Waals surface area contributed by atoms with Gasteiger partial charge in [-0.25, -0.2) is 0 Å². The molecule has 1 atom stereocenters. The molecule has 0 saturated carbocycles. The molecule has 0 aromatic rings. The van der Waals surface area contributed by atoms with E-state index in [0.29, 0.717) is 6.42 Å². The zero-order valence-corrected chi connectivity index (χ0v) is 9.30. The van der Waals surface area contributed by atoms with E-state index in [2.05, 4.69) is 17.2 Å². The van der Waals surface area contributed by atoms with Gasteiger partial charge in [0.1, 0.15) is 0 Å². The van der Waals surface area contributed by atoms with Crippen molar-refractivity contribution in [3.63, 3.8) is 0 Å². The lowest BCUT2D eigenvalue weighted by Crippen LogP contribution is -2.10. The van der Waals surface area contributed by atoms with Crippen molar-refractivity contribution >= 4 is 6.40 Å². The second kappa shape index (κ2) is 11.1. The average Bonchev–Trinajstić information content (AvgIpc) is 2.23. The first-order chi connectivity index (χ1) is 7.31. The molecule has 5 heteroatoms. The van der Waals surface area contributed by atoms with Gasteiger partial charge < -0.3 is 20.5 Å². The maximum Gasteiger partial charge on any atom is 0.195 e. The van der Waals surface area contributed by atoms with Gasteiger partial charge in [-0.05, 0) is 6.42 Å². The Kier molecular flexibility index (Phi) is 10.4. The number of aliphatic hydroxyl groups is 1. The van der Waals surface area contributed by atoms with E-state index >= 15 is 0 Å². The van der Waals surface area contributed by atoms with Crippen LogP contribution in [-0.4, -0.2) is 17.8 Å². The van der Waals surface area contributed by atoms with E-state index in [0.717, 1.165) is 19.2 Å². The minimum absolute atomic E-state index is 0.587. The fourth-order valence-corrected chi connectivity index (χ4v) is 1.29. The first-order valence-corrected chi connectivity index (χ1v) is 5.50. The molecule has 0 saturated heterocycles. The highest BCUT2D eigenvalue weighted by Gasteiger charge is 2.00. The Morgan fingerprint density at radius 2 is 1.93 bits per heavy atom. The molecule has 0 spiro atoms. The maximum atomic E-state index is 9.24. The first-order valence-electron chi connectivity index (χ1n) is 5.50. The van der Waals surface area contributed by atoms with Crippen LogP contribution in [0.15, 0.2) is 10.3 Å². The van der Waals surface area contributed by atoms with Crippen molar-refractivity contribution in [1.29, 1.82) is 0 Å². The molecule has 1 N–H and O–H groups in total. The van der Waals surface area contributed by atoms with Crippen LogP contribution in [0.2, 0.25) is 0 Å². The molecule has 0 aromatic carbocycles. The van der Waals surface area contributed by atoms with E-state index in [1.807, 2.05) is 0 Å². The number of unbranched alkanes of at least 4 members (excludes halogenated alkanes) is 5. The molecule has 0 aliphatic carbocycles. The molecule has 0 aromatic heterocycles. The summed E-state index contributed by atoms with van der Waals surface area (Å²) in [5, 5.41) is 14.8. The summed E-state index contributed by atoms with van der Waals surface area (Å²) in [6.07, 6.45) is 7.72. The monoisotopic (exact) mass is 214 g/mol. The molecule has 0 fully saturated rings. The summed E-state index contributed by atoms with van der Waals surface area (Å²) in [6.45, 7) is 2.18. The van der Waals surface area contributed by atoms with Gasteiger partial charge in [-0.3, -0.25) is 5.22 Å². The van der Waals surface area contributed by atoms with Crippen LogP contribution >= 0.6 is 0 Å². The van der Waals surface area contributed by atoms with Crippen molar-refractivity contribution in [3.8, 4) is 0 Å². The van der Waals surface area contributed by atoms with Crippen LogP contribution in [0, 0.1) is 0 Å². The summed E-state index contributed by atoms with van der Waals surface area (Å²) in [5.41, 5.74) is 7.94. The third kappa shape index (κ3) is 11.0. The van der Waals surface area contributed by atoms with Crippen molar-refractivity contribution in [3.05, 3.63) is 5.53 Å². The quantitative estimate of drug-likeness (QED) is 0.151. The molecular formula is C10H20N3O2-. The Balaban J connectivity index is 3.19. The highest BCUT2D eigenvalue weighted by molar-refractivity contribution is 5.45. The molecule has 88 valence electrons. The lowest BCUT2D eigenvalue weighted by Gasteiger charge is -2.10. The Bertz CT molecular complexity index is 174. The van der Waals surface area contributed by atoms with Gasteiger partial charge in [-0.2, -0.15) is 0 Å². The van der Waals surface area contributed by atoms with E-state index in [1.54, 1.807) is 0 Å². The summed E-state index contributed by atoms with van der Waals surface area (Å²) in [4.78, 5) is 0. The molecule has 0 heterocycles. The number of hydrogen-bond acceptors (Lipinski definition) is 3. The van der Waals surface area contributed by atoms with Crippen LogP contribution in [0.25, 0.3) is 5.53 Å². The van der Waals surface area contributed by atoms with Crippen LogP contribution < -0.4 is 0 Å². The number of ether oxygens (including phenoxy) is 1. The Morgan fingerprint density at radius 3 is 2.60 bits per heavy atom. The van der Waals surface area contributed by atoms with Gasteiger partial charge in [0, 0.05) is 6.42 Å². The van der Waals surface area contributed by atoms with E-state index in [4.69, 9.17) is 10.3 Å². The highest BCUT2D eigenvalue weighted by atomic mass is 16.6. The molecule has 0 radical (unpaired) electrons. The molecule has 15 heavy (non-hydrogen) atoms. The van der Waals surface area contributed by atoms with Crippen LogP contribution in [0.1, 0.15) is 51.9 Å². The molecule has 0 amide bonds. The molecule has 0 rings (SSSR count). The second-order valence-electron chi connectivity index (χ2n) is 3.46. The maximum absolute atomic E-state index is 9.24. The number of hydrogen-bond donors (Lipinski definition) is 1. The summed E-state index contributed by atoms with van der Waals surface area (Å²) in [7, 11) is 0. The summed E-state index contributed by atoms with van der Waals surface area (Å²) < 4.78 is 4.72. The number of aliphatic hydroxyl groups excluding tert-OH is 1. The fourth-order valence-electron chi connectivity index (χ4n) is 1.29. The van der Waals surface area contributed by atoms with Gasteiger partial charge in [-0.1, -0.05) is 39.0 Å². The van der Waals surface area contributed by atoms with E-state index in [9.17, 15) is 5.11 Å². The van der Waals surface area contributed by atoms with E-state index < -0.39 is 6.29 Å². The van der Waals surface area contributed by atoms with Gasteiger partial charge >= 0.3 is 0 Å². The third-order valence-electron chi connectivity index (χ3n) is 2.12. The summed E-state index contributed by atoms with van der Waals surface area (Å²) in [6, 6.07) is 0. The Hall–Kier alpha value is -0.970. The van der Waals surface area contributed by atoms with Gasteiger partial charge in [0.05, 0.1) is 6.40 Å². The lowest BCUT2D eigenvalue weighted by molar-refractivity contribution is -0.0296. The van der Waals surface area contributed by atoms with Crippen molar-refractivity contribution in [2.75, 3.05) is 0 Å². The van der Waals surface area contributed by atoms with E-state index in [-0.39, 0.29) is 0 Å². The number of nitrogens with zero attached hydrogens (tertiary/aromatic N) is 3. The standard InChI is InChI=1S/C10H20N3O2/c1-2-3-4-5-6-7-8-10(14)15-9-12-13-11/h9-10,14H,2-8H2,1H3/q-1/b12-9+. The third-order valence-corrected chi connectivity index (χ3v) is 2.12. The van der Waals surface area contributed by atoms with Crippen LogP contribution in [-0.2, 0) is 4.74 Å². The molecule has 0 aliphatic heterocycles. The van der Waals surface area contributed by atoms with Gasteiger partial charge in [0.25, 0.3) is 0 Å². The zero-order chi connectivity index (χ0) is 11.4. The van der Waals surface area contributed by atoms with Crippen LogP contribution in [0.3, 0.4) is 0 Å². The molecule has 1 unspecified atom stereocenters. The van der Waals surface area contributed by atoms with Gasteiger partial charge in [0.15, 0.2) is 6.29 Å². The lowest BCUT2D eigenvalue weighted by atomic mass is 10.1. The molecular weight excluding hydrogens is 194 g/mol. The van der Waals surface area contributed by atoms with Crippen molar-refractivity contribution in [2.45, 2.75) is 58.2 Å². The van der Waals surface area contributed by atoms with Crippen molar-refractivity contribution in [1.82, 2.24) is 0 Å². The van der Waals surface area contributed by atoms with Crippen LogP contribution in [0.4, 0.5) is 0 Å². The minimum Gasteiger partial charge on any atom is -0.475 e. The first kappa shape index (κ1) is 14.0. The second-order valence-corrected chi connectivity index (χ2v) is 3.46. The predicted octanol–water partition coefficient (Wildman–Crippen LogP) is 3.04. The minimum atomic E-state index is -0.846. The average molecular weight is 214 g/mol. The van der Waals surface area contributed by atoms with Crippen molar-refractivity contribution < 1.29 is 9.84 Å². The van der Waals surface area contributed by atoms with Gasteiger partial charge in [-0.15, -0.1) is 0 Å². The highest BCUT2D eigenvalue weighted by Crippen LogP contribution is 2.08. The number of rotatable bonds is 10. The van der Waals surface area contributed by atoms with Gasteiger partial charge in [0.2, 0.25) is 0 Å². The zero-order valence-electron chi connectivity index (χ0n) is 9.30. The summed E-state index contributed by atoms with van der Waals surface area (Å²) in [5.74, 6) is 0. The predicted molar refractivity (Wildman–Crippen MR) is 59.4 cm³/mol. The van der Waals surface area contributed by atoms with E-state index in [1.165, 1.54) is 25.7 Å². The largest absolute Gasteiger partial charge is 0.475 e. The Morgan fingerprint density at radius 1 is 1.27 bits per heavy atom. The topological polar surface area (TPSA) is 76.5 Å². The normalized spacial score (nSPS) is 12.9. The smallest absolute Gasteiger partial charge is 0.195 e. The molecule has 0 aliphatic rings. The fraction of sp³-hybridized carbons (Fsp3) is 0.900. The summed E-state index contributed by atoms with van der Waals surface area (Å²) >= 11 is 0. The Labute approximate surface area is 91.0 Å². The molecule has 0 bridgehead atoms. The van der Waals surface area contributed by atoms with Crippen molar-refractivity contribution in [2.24, 2.45) is 10.3 Å². The SMILES string of the molecule is CCCCCCCCC(O)O/C=N/N=[N-].